The topological polar surface area (TPSA) is 62.3 Å². The van der Waals surface area contributed by atoms with Crippen molar-refractivity contribution in [2.24, 2.45) is 0 Å². The van der Waals surface area contributed by atoms with Crippen molar-refractivity contribution >= 4 is 10.0 Å². The van der Waals surface area contributed by atoms with E-state index in [1.54, 1.807) is 18.3 Å². The second-order valence-corrected chi connectivity index (χ2v) is 7.35. The molecule has 1 atom stereocenters. The highest BCUT2D eigenvalue weighted by Gasteiger charge is 2.25. The molecule has 1 aliphatic heterocycles. The van der Waals surface area contributed by atoms with Gasteiger partial charge in [-0.1, -0.05) is 24.3 Å². The van der Waals surface area contributed by atoms with Gasteiger partial charge in [-0.3, -0.25) is 9.88 Å². The first-order valence-electron chi connectivity index (χ1n) is 7.23. The van der Waals surface area contributed by atoms with Crippen molar-refractivity contribution in [1.82, 2.24) is 14.6 Å². The van der Waals surface area contributed by atoms with Crippen LogP contribution in [0.4, 0.5) is 0 Å². The zero-order chi connectivity index (χ0) is 15.6. The SMILES string of the molecule is CN1Cc2ccccc2CC1CNS(=O)(=O)c1cccnc1. The van der Waals surface area contributed by atoms with Crippen LogP contribution in [-0.2, 0) is 23.0 Å². The molecule has 2 aromatic rings. The molecule has 0 amide bonds. The highest BCUT2D eigenvalue weighted by molar-refractivity contribution is 7.89. The molecule has 0 saturated carbocycles. The van der Waals surface area contributed by atoms with E-state index in [-0.39, 0.29) is 10.9 Å². The average Bonchev–Trinajstić information content (AvgIpc) is 2.54. The van der Waals surface area contributed by atoms with Crippen LogP contribution >= 0.6 is 0 Å². The highest BCUT2D eigenvalue weighted by atomic mass is 32.2. The van der Waals surface area contributed by atoms with E-state index in [2.05, 4.69) is 26.7 Å². The Bertz CT molecular complexity index is 747. The summed E-state index contributed by atoms with van der Waals surface area (Å²) < 4.78 is 27.2. The molecule has 0 spiro atoms. The van der Waals surface area contributed by atoms with Gasteiger partial charge in [0.2, 0.25) is 10.0 Å². The Morgan fingerprint density at radius 3 is 2.73 bits per heavy atom. The van der Waals surface area contributed by atoms with E-state index in [1.165, 1.54) is 17.3 Å². The minimum atomic E-state index is -3.50. The van der Waals surface area contributed by atoms with Gasteiger partial charge in [0.05, 0.1) is 0 Å². The third-order valence-corrected chi connectivity index (χ3v) is 5.48. The maximum atomic E-state index is 12.3. The van der Waals surface area contributed by atoms with Gasteiger partial charge in [0.1, 0.15) is 4.90 Å². The summed E-state index contributed by atoms with van der Waals surface area (Å²) in [6.07, 6.45) is 3.77. The minimum Gasteiger partial charge on any atom is -0.298 e. The lowest BCUT2D eigenvalue weighted by Gasteiger charge is -2.34. The number of aromatic nitrogens is 1. The van der Waals surface area contributed by atoms with Crippen LogP contribution in [-0.4, -0.2) is 37.9 Å². The van der Waals surface area contributed by atoms with Crippen molar-refractivity contribution < 1.29 is 8.42 Å². The Morgan fingerprint density at radius 2 is 2.00 bits per heavy atom. The van der Waals surface area contributed by atoms with E-state index in [4.69, 9.17) is 0 Å². The Labute approximate surface area is 131 Å². The number of pyridine rings is 1. The summed E-state index contributed by atoms with van der Waals surface area (Å²) in [5.41, 5.74) is 2.61. The van der Waals surface area contributed by atoms with Crippen molar-refractivity contribution in [1.29, 1.82) is 0 Å². The first-order valence-corrected chi connectivity index (χ1v) is 8.71. The van der Waals surface area contributed by atoms with Gasteiger partial charge in [-0.05, 0) is 36.7 Å². The van der Waals surface area contributed by atoms with Crippen LogP contribution in [0.15, 0.2) is 53.7 Å². The van der Waals surface area contributed by atoms with Crippen molar-refractivity contribution in [2.75, 3.05) is 13.6 Å². The van der Waals surface area contributed by atoms with Crippen LogP contribution in [0, 0.1) is 0 Å². The predicted molar refractivity (Wildman–Crippen MR) is 84.8 cm³/mol. The summed E-state index contributed by atoms with van der Waals surface area (Å²) in [7, 11) is -1.47. The molecule has 5 nitrogen and oxygen atoms in total. The van der Waals surface area contributed by atoms with Gasteiger partial charge in [0.25, 0.3) is 0 Å². The zero-order valence-electron chi connectivity index (χ0n) is 12.4. The van der Waals surface area contributed by atoms with E-state index in [9.17, 15) is 8.42 Å². The van der Waals surface area contributed by atoms with Crippen LogP contribution in [0.25, 0.3) is 0 Å². The van der Waals surface area contributed by atoms with Crippen molar-refractivity contribution in [3.63, 3.8) is 0 Å². The Hall–Kier alpha value is -1.76. The fourth-order valence-corrected chi connectivity index (χ4v) is 3.78. The molecule has 1 N–H and O–H groups in total. The molecule has 0 saturated heterocycles. The van der Waals surface area contributed by atoms with E-state index in [0.717, 1.165) is 13.0 Å². The number of nitrogens with zero attached hydrogens (tertiary/aromatic N) is 2. The van der Waals surface area contributed by atoms with Crippen molar-refractivity contribution in [2.45, 2.75) is 23.9 Å². The van der Waals surface area contributed by atoms with Gasteiger partial charge in [-0.15, -0.1) is 0 Å². The second-order valence-electron chi connectivity index (χ2n) is 5.58. The molecule has 0 aliphatic carbocycles. The van der Waals surface area contributed by atoms with Crippen LogP contribution in [0.3, 0.4) is 0 Å². The maximum absolute atomic E-state index is 12.3. The lowest BCUT2D eigenvalue weighted by atomic mass is 9.95. The number of benzene rings is 1. The molecule has 6 heteroatoms. The Morgan fingerprint density at radius 1 is 1.23 bits per heavy atom. The monoisotopic (exact) mass is 317 g/mol. The van der Waals surface area contributed by atoms with Gasteiger partial charge in [0.15, 0.2) is 0 Å². The summed E-state index contributed by atoms with van der Waals surface area (Å²) in [6, 6.07) is 11.6. The normalized spacial score (nSPS) is 18.9. The van der Waals surface area contributed by atoms with Gasteiger partial charge >= 0.3 is 0 Å². The van der Waals surface area contributed by atoms with Gasteiger partial charge in [-0.25, -0.2) is 13.1 Å². The smallest absolute Gasteiger partial charge is 0.242 e. The number of hydrogen-bond acceptors (Lipinski definition) is 4. The molecule has 1 aliphatic rings. The standard InChI is InChI=1S/C16H19N3O2S/c1-19-12-14-6-3-2-5-13(14)9-15(19)10-18-22(20,21)16-7-4-8-17-11-16/h2-8,11,15,18H,9-10,12H2,1H3. The quantitative estimate of drug-likeness (QED) is 0.926. The van der Waals surface area contributed by atoms with Gasteiger partial charge < -0.3 is 0 Å². The third-order valence-electron chi connectivity index (χ3n) is 4.07. The fourth-order valence-electron chi connectivity index (χ4n) is 2.74. The van der Waals surface area contributed by atoms with Crippen LogP contribution in [0.1, 0.15) is 11.1 Å². The first kappa shape index (κ1) is 15.1. The molecule has 0 radical (unpaired) electrons. The number of sulfonamides is 1. The van der Waals surface area contributed by atoms with Gasteiger partial charge in [-0.2, -0.15) is 0 Å². The highest BCUT2D eigenvalue weighted by Crippen LogP contribution is 2.21. The molecular formula is C16H19N3O2S. The molecule has 116 valence electrons. The minimum absolute atomic E-state index is 0.154. The van der Waals surface area contributed by atoms with Crippen molar-refractivity contribution in [3.05, 3.63) is 59.9 Å². The number of hydrogen-bond donors (Lipinski definition) is 1. The van der Waals surface area contributed by atoms with E-state index in [0.29, 0.717) is 6.54 Å². The van der Waals surface area contributed by atoms with Crippen molar-refractivity contribution in [3.8, 4) is 0 Å². The average molecular weight is 317 g/mol. The molecule has 22 heavy (non-hydrogen) atoms. The maximum Gasteiger partial charge on any atom is 0.242 e. The van der Waals surface area contributed by atoms with Crippen LogP contribution in [0.2, 0.25) is 0 Å². The molecule has 1 unspecified atom stereocenters. The second kappa shape index (κ2) is 6.16. The zero-order valence-corrected chi connectivity index (χ0v) is 13.3. The summed E-state index contributed by atoms with van der Waals surface area (Å²) in [4.78, 5) is 6.25. The van der Waals surface area contributed by atoms with Crippen LogP contribution < -0.4 is 4.72 Å². The van der Waals surface area contributed by atoms with Gasteiger partial charge in [0, 0.05) is 31.5 Å². The van der Waals surface area contributed by atoms with Crippen LogP contribution in [0.5, 0.6) is 0 Å². The number of fused-ring (bicyclic) bond motifs is 1. The fraction of sp³-hybridized carbons (Fsp3) is 0.312. The molecule has 0 bridgehead atoms. The summed E-state index contributed by atoms with van der Waals surface area (Å²) in [5, 5.41) is 0. The molecule has 0 fully saturated rings. The lowest BCUT2D eigenvalue weighted by Crippen LogP contribution is -2.45. The summed E-state index contributed by atoms with van der Waals surface area (Å²) >= 11 is 0. The molecule has 2 heterocycles. The van der Waals surface area contributed by atoms with E-state index in [1.807, 2.05) is 19.2 Å². The predicted octanol–water partition coefficient (Wildman–Crippen LogP) is 1.42. The Kier molecular flexibility index (Phi) is 4.24. The molecule has 1 aromatic carbocycles. The van der Waals surface area contributed by atoms with E-state index >= 15 is 0 Å². The van der Waals surface area contributed by atoms with E-state index < -0.39 is 10.0 Å². The largest absolute Gasteiger partial charge is 0.298 e. The Balaban J connectivity index is 1.70. The summed E-state index contributed by atoms with van der Waals surface area (Å²) in [5.74, 6) is 0. The first-order chi connectivity index (χ1) is 10.6. The number of nitrogens with one attached hydrogen (secondary N) is 1. The molecule has 1 aromatic heterocycles. The summed E-state index contributed by atoms with van der Waals surface area (Å²) in [6.45, 7) is 1.23. The third kappa shape index (κ3) is 3.19. The molecule has 3 rings (SSSR count). The number of likely N-dealkylation sites (N-methyl/N-ethyl adjacent to an activating group) is 1. The molecular weight excluding hydrogens is 298 g/mol. The lowest BCUT2D eigenvalue weighted by molar-refractivity contribution is 0.216. The number of rotatable bonds is 4.